The van der Waals surface area contributed by atoms with E-state index in [-0.39, 0.29) is 5.91 Å². The average Bonchev–Trinajstić information content (AvgIpc) is 2.78. The number of anilines is 1. The molecule has 1 N–H and O–H groups in total. The van der Waals surface area contributed by atoms with Gasteiger partial charge in [0, 0.05) is 6.20 Å². The van der Waals surface area contributed by atoms with Crippen LogP contribution in [0, 0.1) is 0 Å². The lowest BCUT2D eigenvalue weighted by Crippen LogP contribution is -2.31. The molecule has 0 unspecified atom stereocenters. The van der Waals surface area contributed by atoms with Crippen LogP contribution in [0.3, 0.4) is 0 Å². The van der Waals surface area contributed by atoms with Crippen LogP contribution in [0.1, 0.15) is 18.9 Å². The van der Waals surface area contributed by atoms with E-state index in [1.54, 1.807) is 6.20 Å². The highest BCUT2D eigenvalue weighted by Crippen LogP contribution is 2.22. The van der Waals surface area contributed by atoms with Gasteiger partial charge in [-0.3, -0.25) is 9.48 Å². The van der Waals surface area contributed by atoms with Crippen molar-refractivity contribution in [2.45, 2.75) is 18.9 Å². The van der Waals surface area contributed by atoms with Crippen LogP contribution >= 0.6 is 0 Å². The minimum absolute atomic E-state index is 0.201. The number of amides is 1. The zero-order valence-corrected chi connectivity index (χ0v) is 10.1. The van der Waals surface area contributed by atoms with Crippen LogP contribution in [0.15, 0.2) is 25.0 Å². The molecule has 0 radical (unpaired) electrons. The van der Waals surface area contributed by atoms with Crippen LogP contribution in [0.25, 0.3) is 0 Å². The van der Waals surface area contributed by atoms with Crippen LogP contribution in [0.4, 0.5) is 5.69 Å². The fourth-order valence-corrected chi connectivity index (χ4v) is 2.06. The van der Waals surface area contributed by atoms with Gasteiger partial charge in [-0.2, -0.15) is 5.10 Å². The first-order valence-electron chi connectivity index (χ1n) is 5.85. The van der Waals surface area contributed by atoms with Crippen molar-refractivity contribution in [3.8, 4) is 0 Å². The van der Waals surface area contributed by atoms with Crippen molar-refractivity contribution in [1.82, 2.24) is 14.7 Å². The molecular weight excluding hydrogens is 216 g/mol. The zero-order chi connectivity index (χ0) is 12.3. The normalized spacial score (nSPS) is 17.9. The molecule has 5 nitrogen and oxygen atoms in total. The summed E-state index contributed by atoms with van der Waals surface area (Å²) in [5.74, 6) is -0.201. The van der Waals surface area contributed by atoms with Gasteiger partial charge in [0.2, 0.25) is 5.91 Å². The summed E-state index contributed by atoms with van der Waals surface area (Å²) in [6, 6.07) is 0.445. The molecule has 0 atom stereocenters. The minimum Gasteiger partial charge on any atom is -0.320 e. The van der Waals surface area contributed by atoms with Crippen LogP contribution < -0.4 is 5.32 Å². The molecule has 0 saturated carbocycles. The van der Waals surface area contributed by atoms with Gasteiger partial charge >= 0.3 is 0 Å². The van der Waals surface area contributed by atoms with Gasteiger partial charge in [0.25, 0.3) is 0 Å². The molecule has 0 aromatic carbocycles. The molecule has 1 fully saturated rings. The molecule has 1 aromatic heterocycles. The van der Waals surface area contributed by atoms with Gasteiger partial charge in [-0.05, 0) is 39.1 Å². The first-order valence-corrected chi connectivity index (χ1v) is 5.85. The molecule has 17 heavy (non-hydrogen) atoms. The Morgan fingerprint density at radius 3 is 2.94 bits per heavy atom. The molecule has 92 valence electrons. The standard InChI is InChI=1S/C12H18N4O/c1-3-12(17)14-10-8-13-16(9-10)11-4-6-15(2)7-5-11/h3,8-9,11H,1,4-7H2,2H3,(H,14,17). The Bertz CT molecular complexity index is 404. The predicted molar refractivity (Wildman–Crippen MR) is 66.8 cm³/mol. The molecule has 1 saturated heterocycles. The van der Waals surface area contributed by atoms with Gasteiger partial charge in [-0.25, -0.2) is 0 Å². The molecule has 0 aliphatic carbocycles. The van der Waals surface area contributed by atoms with E-state index in [9.17, 15) is 4.79 Å². The van der Waals surface area contributed by atoms with Crippen molar-refractivity contribution >= 4 is 11.6 Å². The van der Waals surface area contributed by atoms with E-state index in [4.69, 9.17) is 0 Å². The Labute approximate surface area is 101 Å². The summed E-state index contributed by atoms with van der Waals surface area (Å²) in [6.07, 6.45) is 7.03. The lowest BCUT2D eigenvalue weighted by atomic mass is 10.1. The van der Waals surface area contributed by atoms with Crippen molar-refractivity contribution in [3.63, 3.8) is 0 Å². The number of aromatic nitrogens is 2. The molecular formula is C12H18N4O. The van der Waals surface area contributed by atoms with E-state index < -0.39 is 0 Å². The number of carbonyl (C=O) groups is 1. The fraction of sp³-hybridized carbons (Fsp3) is 0.500. The number of rotatable bonds is 3. The third-order valence-corrected chi connectivity index (χ3v) is 3.12. The molecule has 2 rings (SSSR count). The van der Waals surface area contributed by atoms with Gasteiger partial charge in [-0.15, -0.1) is 0 Å². The second-order valence-corrected chi connectivity index (χ2v) is 4.44. The molecule has 1 amide bonds. The third kappa shape index (κ3) is 2.94. The fourth-order valence-electron chi connectivity index (χ4n) is 2.06. The number of piperidine rings is 1. The Balaban J connectivity index is 1.98. The van der Waals surface area contributed by atoms with Crippen molar-refractivity contribution in [2.75, 3.05) is 25.5 Å². The zero-order valence-electron chi connectivity index (χ0n) is 10.1. The second kappa shape index (κ2) is 5.14. The molecule has 0 spiro atoms. The number of hydrogen-bond acceptors (Lipinski definition) is 3. The van der Waals surface area contributed by atoms with Gasteiger partial charge < -0.3 is 10.2 Å². The third-order valence-electron chi connectivity index (χ3n) is 3.12. The van der Waals surface area contributed by atoms with Crippen LogP contribution in [-0.2, 0) is 4.79 Å². The van der Waals surface area contributed by atoms with E-state index in [1.165, 1.54) is 6.08 Å². The van der Waals surface area contributed by atoms with Crippen LogP contribution in [0.2, 0.25) is 0 Å². The number of carbonyl (C=O) groups excluding carboxylic acids is 1. The lowest BCUT2D eigenvalue weighted by molar-refractivity contribution is -0.111. The maximum absolute atomic E-state index is 11.1. The van der Waals surface area contributed by atoms with Crippen LogP contribution in [0.5, 0.6) is 0 Å². The van der Waals surface area contributed by atoms with E-state index in [1.807, 2.05) is 10.9 Å². The lowest BCUT2D eigenvalue weighted by Gasteiger charge is -2.28. The van der Waals surface area contributed by atoms with Gasteiger partial charge in [0.05, 0.1) is 17.9 Å². The molecule has 1 aromatic rings. The Morgan fingerprint density at radius 1 is 1.59 bits per heavy atom. The molecule has 5 heteroatoms. The van der Waals surface area contributed by atoms with Crippen molar-refractivity contribution in [3.05, 3.63) is 25.0 Å². The smallest absolute Gasteiger partial charge is 0.247 e. The van der Waals surface area contributed by atoms with E-state index >= 15 is 0 Å². The summed E-state index contributed by atoms with van der Waals surface area (Å²) in [6.45, 7) is 5.61. The largest absolute Gasteiger partial charge is 0.320 e. The highest BCUT2D eigenvalue weighted by molar-refractivity contribution is 5.98. The first-order chi connectivity index (χ1) is 8.19. The minimum atomic E-state index is -0.201. The maximum Gasteiger partial charge on any atom is 0.247 e. The van der Waals surface area contributed by atoms with E-state index in [0.29, 0.717) is 6.04 Å². The summed E-state index contributed by atoms with van der Waals surface area (Å²) in [7, 11) is 2.13. The maximum atomic E-state index is 11.1. The Kier molecular flexibility index (Phi) is 3.58. The first kappa shape index (κ1) is 11.9. The summed E-state index contributed by atoms with van der Waals surface area (Å²) in [4.78, 5) is 13.5. The molecule has 2 heterocycles. The monoisotopic (exact) mass is 234 g/mol. The van der Waals surface area contributed by atoms with Crippen molar-refractivity contribution in [1.29, 1.82) is 0 Å². The van der Waals surface area contributed by atoms with Gasteiger partial charge in [0.1, 0.15) is 0 Å². The Morgan fingerprint density at radius 2 is 2.29 bits per heavy atom. The van der Waals surface area contributed by atoms with Crippen molar-refractivity contribution in [2.24, 2.45) is 0 Å². The van der Waals surface area contributed by atoms with E-state index in [0.717, 1.165) is 31.6 Å². The number of hydrogen-bond donors (Lipinski definition) is 1. The van der Waals surface area contributed by atoms with E-state index in [2.05, 4.69) is 28.9 Å². The summed E-state index contributed by atoms with van der Waals surface area (Å²) < 4.78 is 1.95. The number of nitrogens with zero attached hydrogens (tertiary/aromatic N) is 3. The summed E-state index contributed by atoms with van der Waals surface area (Å²) >= 11 is 0. The molecule has 1 aliphatic rings. The quantitative estimate of drug-likeness (QED) is 0.801. The SMILES string of the molecule is C=CC(=O)Nc1cnn(C2CCN(C)CC2)c1. The van der Waals surface area contributed by atoms with Crippen molar-refractivity contribution < 1.29 is 4.79 Å². The Hall–Kier alpha value is -1.62. The predicted octanol–water partition coefficient (Wildman–Crippen LogP) is 1.27. The number of likely N-dealkylation sites (tertiary alicyclic amines) is 1. The van der Waals surface area contributed by atoms with Gasteiger partial charge in [-0.1, -0.05) is 6.58 Å². The van der Waals surface area contributed by atoms with Gasteiger partial charge in [0.15, 0.2) is 0 Å². The highest BCUT2D eigenvalue weighted by atomic mass is 16.1. The topological polar surface area (TPSA) is 50.2 Å². The number of nitrogens with one attached hydrogen (secondary N) is 1. The molecule has 0 bridgehead atoms. The summed E-state index contributed by atoms with van der Waals surface area (Å²) in [5, 5.41) is 7.01. The highest BCUT2D eigenvalue weighted by Gasteiger charge is 2.18. The molecule has 1 aliphatic heterocycles. The average molecular weight is 234 g/mol. The second-order valence-electron chi connectivity index (χ2n) is 4.44. The van der Waals surface area contributed by atoms with Crippen LogP contribution in [-0.4, -0.2) is 40.7 Å². The summed E-state index contributed by atoms with van der Waals surface area (Å²) in [5.41, 5.74) is 0.730.